The van der Waals surface area contributed by atoms with Crippen molar-refractivity contribution >= 4 is 70.5 Å². The Kier molecular flexibility index (Phi) is 12.4. The lowest BCUT2D eigenvalue weighted by Gasteiger charge is -2.44. The Labute approximate surface area is 341 Å². The number of benzene rings is 2. The number of aromatic nitrogens is 2. The molecule has 1 saturated heterocycles. The second-order valence-corrected chi connectivity index (χ2v) is 14.9. The Morgan fingerprint density at radius 1 is 1.07 bits per heavy atom. The number of methoxy groups -OCH3 is 1. The summed E-state index contributed by atoms with van der Waals surface area (Å²) in [6.45, 7) is 2.65. The highest BCUT2D eigenvalue weighted by atomic mass is 16.5. The van der Waals surface area contributed by atoms with E-state index in [9.17, 15) is 24.0 Å². The average molecular weight is 808 g/mol. The van der Waals surface area contributed by atoms with Gasteiger partial charge in [-0.25, -0.2) is 4.98 Å². The van der Waals surface area contributed by atoms with Gasteiger partial charge in [-0.1, -0.05) is 25.8 Å². The summed E-state index contributed by atoms with van der Waals surface area (Å²) in [6, 6.07) is 9.35. The fourth-order valence-corrected chi connectivity index (χ4v) is 8.24. The molecule has 1 aromatic heterocycles. The third-order valence-corrected chi connectivity index (χ3v) is 11.2. The van der Waals surface area contributed by atoms with Crippen molar-refractivity contribution in [2.24, 2.45) is 0 Å². The molecule has 1 unspecified atom stereocenters. The first-order chi connectivity index (χ1) is 28.6. The second kappa shape index (κ2) is 18.0. The van der Waals surface area contributed by atoms with E-state index in [0.29, 0.717) is 82.9 Å². The van der Waals surface area contributed by atoms with Crippen LogP contribution >= 0.6 is 0 Å². The van der Waals surface area contributed by atoms with Crippen LogP contribution in [0.2, 0.25) is 0 Å². The number of amidine groups is 1. The van der Waals surface area contributed by atoms with E-state index in [-0.39, 0.29) is 62.4 Å². The lowest BCUT2D eigenvalue weighted by atomic mass is 10.0. The van der Waals surface area contributed by atoms with Gasteiger partial charge in [-0.15, -0.1) is 0 Å². The number of piperidine rings is 1. The van der Waals surface area contributed by atoms with Gasteiger partial charge in [-0.3, -0.25) is 45.0 Å². The van der Waals surface area contributed by atoms with Gasteiger partial charge < -0.3 is 35.2 Å². The minimum Gasteiger partial charge on any atom is -0.495 e. The first kappa shape index (κ1) is 40.8. The van der Waals surface area contributed by atoms with Crippen molar-refractivity contribution in [1.82, 2.24) is 25.5 Å². The standard InChI is InChI=1S/C41H49N11O7/c1-3-30-36(43)51(23-42)32-20-45-41(49-37(32)52(30)25-9-4-5-10-25)47-29-14-13-24(19-33(29)58-2)38(55)44-17-6-7-18-59-22-35(54)46-28-12-8-11-26-27(28)21-50(40(26)57)31-15-16-34(53)48-39(31)56/h8,11-14,19-20,23,25,30-31,42-43H,3-7,9-10,15-18,21-22H2,1-2H3,(H,44,55)(H,46,54)(H,45,47,49)(H,48,53,56)/t30-,31?/m1/s1. The number of carbonyl (C=O) groups excluding carboxylic acids is 5. The van der Waals surface area contributed by atoms with Gasteiger partial charge in [0, 0.05) is 54.5 Å². The van der Waals surface area contributed by atoms with Gasteiger partial charge in [0.05, 0.1) is 31.4 Å². The summed E-state index contributed by atoms with van der Waals surface area (Å²) in [5, 5.41) is 28.1. The molecule has 2 atom stereocenters. The van der Waals surface area contributed by atoms with Crippen LogP contribution < -0.4 is 35.8 Å². The number of hydrogen-bond acceptors (Lipinski definition) is 13. The molecule has 4 aliphatic rings. The summed E-state index contributed by atoms with van der Waals surface area (Å²) >= 11 is 0. The van der Waals surface area contributed by atoms with E-state index in [4.69, 9.17) is 25.3 Å². The number of unbranched alkanes of at least 4 members (excludes halogenated alkanes) is 1. The number of anilines is 5. The zero-order valence-electron chi connectivity index (χ0n) is 33.1. The smallest absolute Gasteiger partial charge is 0.255 e. The number of nitrogens with zero attached hydrogens (tertiary/aromatic N) is 5. The fraction of sp³-hybridized carbons (Fsp3) is 0.439. The molecular formula is C41H49N11O7. The molecule has 2 fully saturated rings. The van der Waals surface area contributed by atoms with Crippen molar-refractivity contribution in [2.45, 2.75) is 89.4 Å². The lowest BCUT2D eigenvalue weighted by molar-refractivity contribution is -0.137. The molecule has 18 nitrogen and oxygen atoms in total. The molecular weight excluding hydrogens is 759 g/mol. The Bertz CT molecular complexity index is 2160. The van der Waals surface area contributed by atoms with E-state index in [0.717, 1.165) is 32.0 Å². The van der Waals surface area contributed by atoms with E-state index in [1.165, 1.54) is 16.9 Å². The summed E-state index contributed by atoms with van der Waals surface area (Å²) in [4.78, 5) is 77.4. The van der Waals surface area contributed by atoms with Gasteiger partial charge in [-0.2, -0.15) is 4.98 Å². The molecule has 3 aliphatic heterocycles. The van der Waals surface area contributed by atoms with Crippen molar-refractivity contribution in [2.75, 3.05) is 47.3 Å². The predicted molar refractivity (Wildman–Crippen MR) is 220 cm³/mol. The number of carbonyl (C=O) groups is 5. The lowest BCUT2D eigenvalue weighted by Crippen LogP contribution is -2.56. The van der Waals surface area contributed by atoms with Crippen LogP contribution in [0.1, 0.15) is 91.0 Å². The first-order valence-corrected chi connectivity index (χ1v) is 20.0. The molecule has 3 aromatic rings. The van der Waals surface area contributed by atoms with Gasteiger partial charge in [0.15, 0.2) is 5.82 Å². The van der Waals surface area contributed by atoms with E-state index < -0.39 is 17.9 Å². The number of hydrogen-bond donors (Lipinski definition) is 6. The van der Waals surface area contributed by atoms with Gasteiger partial charge in [0.25, 0.3) is 11.8 Å². The van der Waals surface area contributed by atoms with Crippen molar-refractivity contribution < 1.29 is 33.4 Å². The van der Waals surface area contributed by atoms with E-state index >= 15 is 0 Å². The van der Waals surface area contributed by atoms with Crippen LogP contribution in [0, 0.1) is 10.8 Å². The molecule has 5 amide bonds. The van der Waals surface area contributed by atoms with E-state index in [1.54, 1.807) is 42.6 Å². The van der Waals surface area contributed by atoms with Crippen molar-refractivity contribution in [3.05, 3.63) is 59.3 Å². The largest absolute Gasteiger partial charge is 0.495 e. The quantitative estimate of drug-likeness (QED) is 0.0520. The van der Waals surface area contributed by atoms with Gasteiger partial charge in [0.1, 0.15) is 29.9 Å². The molecule has 18 heteroatoms. The molecule has 0 spiro atoms. The summed E-state index contributed by atoms with van der Waals surface area (Å²) in [6.07, 6.45) is 9.36. The minimum atomic E-state index is -0.750. The van der Waals surface area contributed by atoms with Crippen molar-refractivity contribution in [1.29, 1.82) is 10.8 Å². The van der Waals surface area contributed by atoms with Crippen LogP contribution in [0.5, 0.6) is 5.75 Å². The van der Waals surface area contributed by atoms with Crippen LogP contribution in [0.15, 0.2) is 42.6 Å². The Morgan fingerprint density at radius 3 is 2.63 bits per heavy atom. The van der Waals surface area contributed by atoms with Crippen LogP contribution in [0.25, 0.3) is 0 Å². The summed E-state index contributed by atoms with van der Waals surface area (Å²) in [7, 11) is 1.52. The van der Waals surface area contributed by atoms with Crippen LogP contribution in [0.4, 0.5) is 28.8 Å². The monoisotopic (exact) mass is 807 g/mol. The van der Waals surface area contributed by atoms with Crippen LogP contribution in [0.3, 0.4) is 0 Å². The minimum absolute atomic E-state index is 0.140. The Hall–Kier alpha value is -6.43. The van der Waals surface area contributed by atoms with Gasteiger partial charge >= 0.3 is 0 Å². The van der Waals surface area contributed by atoms with Crippen molar-refractivity contribution in [3.63, 3.8) is 0 Å². The fourth-order valence-electron chi connectivity index (χ4n) is 8.24. The molecule has 7 rings (SSSR count). The third-order valence-electron chi connectivity index (χ3n) is 11.2. The Morgan fingerprint density at radius 2 is 1.88 bits per heavy atom. The van der Waals surface area contributed by atoms with Crippen LogP contribution in [-0.4, -0.2) is 102 Å². The Balaban J connectivity index is 0.869. The summed E-state index contributed by atoms with van der Waals surface area (Å²) < 4.78 is 11.2. The molecule has 59 heavy (non-hydrogen) atoms. The molecule has 1 saturated carbocycles. The van der Waals surface area contributed by atoms with Gasteiger partial charge in [0.2, 0.25) is 23.7 Å². The van der Waals surface area contributed by atoms with E-state index in [1.807, 2.05) is 6.92 Å². The SMILES string of the molecule is CC[C@@H]1C(=N)N(C=N)c2cnc(Nc3ccc(C(=O)NCCCCOCC(=O)Nc4cccc5c4CN(C4CCC(=O)NC4=O)C5=O)cc3OC)nc2N1C1CCCC1. The molecule has 2 aromatic carbocycles. The zero-order valence-corrected chi connectivity index (χ0v) is 33.1. The number of ether oxygens (including phenoxy) is 2. The molecule has 0 radical (unpaired) electrons. The zero-order chi connectivity index (χ0) is 41.6. The highest BCUT2D eigenvalue weighted by Gasteiger charge is 2.41. The highest BCUT2D eigenvalue weighted by molar-refractivity contribution is 6.16. The maximum absolute atomic E-state index is 13.1. The number of rotatable bonds is 16. The first-order valence-electron chi connectivity index (χ1n) is 20.0. The number of nitrogens with one attached hydrogen (secondary N) is 6. The molecule has 6 N–H and O–H groups in total. The topological polar surface area (TPSA) is 235 Å². The number of amides is 5. The molecule has 4 heterocycles. The maximum atomic E-state index is 13.1. The van der Waals surface area contributed by atoms with E-state index in [2.05, 4.69) is 31.2 Å². The van der Waals surface area contributed by atoms with Gasteiger partial charge in [-0.05, 0) is 68.9 Å². The maximum Gasteiger partial charge on any atom is 0.255 e. The second-order valence-electron chi connectivity index (χ2n) is 14.9. The molecule has 310 valence electrons. The predicted octanol–water partition coefficient (Wildman–Crippen LogP) is 4.09. The summed E-state index contributed by atoms with van der Waals surface area (Å²) in [5.74, 6) is -0.0846. The van der Waals surface area contributed by atoms with Crippen molar-refractivity contribution in [3.8, 4) is 5.75 Å². The average Bonchev–Trinajstić information content (AvgIpc) is 3.89. The normalized spacial score (nSPS) is 19.0. The summed E-state index contributed by atoms with van der Waals surface area (Å²) in [5.41, 5.74) is 3.03. The van der Waals surface area contributed by atoms with Crippen LogP contribution in [-0.2, 0) is 25.7 Å². The third kappa shape index (κ3) is 8.57. The highest BCUT2D eigenvalue weighted by Crippen LogP contribution is 2.41. The number of imide groups is 1. The number of fused-ring (bicyclic) bond motifs is 2. The molecule has 1 aliphatic carbocycles. The molecule has 0 bridgehead atoms.